The molecule has 40 heavy (non-hydrogen) atoms. The molecule has 0 amide bonds. The van der Waals surface area contributed by atoms with Crippen molar-refractivity contribution in [2.75, 3.05) is 13.7 Å². The van der Waals surface area contributed by atoms with Gasteiger partial charge in [-0.15, -0.1) is 0 Å². The first-order valence-corrected chi connectivity index (χ1v) is 15.1. The molecule has 1 aliphatic heterocycles. The van der Waals surface area contributed by atoms with E-state index in [4.69, 9.17) is 37.1 Å². The summed E-state index contributed by atoms with van der Waals surface area (Å²) in [5.74, 6) is 0.949. The van der Waals surface area contributed by atoms with Gasteiger partial charge in [0.1, 0.15) is 23.3 Å². The van der Waals surface area contributed by atoms with Crippen molar-refractivity contribution in [2.45, 2.75) is 19.9 Å². The molecule has 0 N–H and O–H groups in total. The van der Waals surface area contributed by atoms with Gasteiger partial charge in [0.05, 0.1) is 48.5 Å². The predicted molar refractivity (Wildman–Crippen MR) is 163 cm³/mol. The molecule has 0 radical (unpaired) electrons. The molecule has 0 aliphatic carbocycles. The quantitative estimate of drug-likeness (QED) is 0.202. The van der Waals surface area contributed by atoms with Gasteiger partial charge in [0.2, 0.25) is 0 Å². The highest BCUT2D eigenvalue weighted by Gasteiger charge is 2.35. The Labute approximate surface area is 259 Å². The highest BCUT2D eigenvalue weighted by Crippen LogP contribution is 2.36. The second-order valence-corrected chi connectivity index (χ2v) is 12.2. The lowest BCUT2D eigenvalue weighted by molar-refractivity contribution is -0.139. The Hall–Kier alpha value is -2.63. The summed E-state index contributed by atoms with van der Waals surface area (Å²) in [4.78, 5) is 32.1. The van der Waals surface area contributed by atoms with E-state index in [0.29, 0.717) is 47.9 Å². The second kappa shape index (κ2) is 11.7. The van der Waals surface area contributed by atoms with Crippen molar-refractivity contribution >= 4 is 78.4 Å². The molecule has 2 aromatic carbocycles. The number of thiazole rings is 1. The number of rotatable bonds is 6. The van der Waals surface area contributed by atoms with Crippen molar-refractivity contribution in [3.8, 4) is 17.1 Å². The zero-order valence-electron chi connectivity index (χ0n) is 21.3. The third-order valence-corrected chi connectivity index (χ3v) is 9.04. The van der Waals surface area contributed by atoms with E-state index in [1.165, 1.54) is 15.9 Å². The fourth-order valence-corrected chi connectivity index (χ4v) is 7.26. The van der Waals surface area contributed by atoms with Gasteiger partial charge in [0.25, 0.3) is 5.56 Å². The van der Waals surface area contributed by atoms with Crippen LogP contribution in [-0.2, 0) is 9.53 Å². The van der Waals surface area contributed by atoms with Crippen molar-refractivity contribution in [1.29, 1.82) is 0 Å². The average Bonchev–Trinajstić information content (AvgIpc) is 3.50. The molecule has 0 unspecified atom stereocenters. The van der Waals surface area contributed by atoms with Crippen molar-refractivity contribution in [3.05, 3.63) is 104 Å². The summed E-state index contributed by atoms with van der Waals surface area (Å²) in [6.07, 6.45) is 1.77. The number of benzene rings is 2. The largest absolute Gasteiger partial charge is 0.494 e. The lowest BCUT2D eigenvalue weighted by atomic mass is 10.0. The van der Waals surface area contributed by atoms with Gasteiger partial charge in [0.15, 0.2) is 4.80 Å². The van der Waals surface area contributed by atoms with Crippen LogP contribution in [0.3, 0.4) is 0 Å². The molecule has 0 spiro atoms. The Bertz CT molecular complexity index is 1850. The van der Waals surface area contributed by atoms with E-state index in [1.807, 2.05) is 12.1 Å². The van der Waals surface area contributed by atoms with Crippen LogP contribution in [0.15, 0.2) is 76.9 Å². The number of hydrogen-bond acceptors (Lipinski definition) is 7. The van der Waals surface area contributed by atoms with Gasteiger partial charge in [-0.25, -0.2) is 9.79 Å². The summed E-state index contributed by atoms with van der Waals surface area (Å²) in [5.41, 5.74) is 1.81. The van der Waals surface area contributed by atoms with Crippen LogP contribution >= 0.6 is 66.4 Å². The number of fused-ring (bicyclic) bond motifs is 1. The third kappa shape index (κ3) is 5.35. The minimum Gasteiger partial charge on any atom is -0.494 e. The summed E-state index contributed by atoms with van der Waals surface area (Å²) < 4.78 is 20.3. The van der Waals surface area contributed by atoms with Gasteiger partial charge >= 0.3 is 5.97 Å². The van der Waals surface area contributed by atoms with Crippen LogP contribution in [0.25, 0.3) is 17.4 Å². The summed E-state index contributed by atoms with van der Waals surface area (Å²) in [6, 6.07) is 11.5. The zero-order valence-corrected chi connectivity index (χ0v) is 26.8. The summed E-state index contributed by atoms with van der Waals surface area (Å²) in [7, 11) is 1.58. The molecular formula is C28H20Br2Cl2N2O5S. The van der Waals surface area contributed by atoms with Crippen LogP contribution in [-0.4, -0.2) is 24.3 Å². The van der Waals surface area contributed by atoms with Crippen molar-refractivity contribution < 1.29 is 18.7 Å². The average molecular weight is 727 g/mol. The van der Waals surface area contributed by atoms with Crippen LogP contribution in [0.4, 0.5) is 0 Å². The van der Waals surface area contributed by atoms with Gasteiger partial charge in [0, 0.05) is 5.56 Å². The first-order chi connectivity index (χ1) is 19.1. The molecule has 5 rings (SSSR count). The molecule has 12 heteroatoms. The van der Waals surface area contributed by atoms with Gasteiger partial charge < -0.3 is 13.9 Å². The van der Waals surface area contributed by atoms with E-state index >= 15 is 0 Å². The van der Waals surface area contributed by atoms with Gasteiger partial charge in [-0.2, -0.15) is 0 Å². The first kappa shape index (κ1) is 28.9. The maximum Gasteiger partial charge on any atom is 0.338 e. The lowest BCUT2D eigenvalue weighted by Crippen LogP contribution is -2.39. The SMILES string of the molecule is CCOC(=O)C1=C(C)N=c2s/c(=C\c3cc(Br)c(OC)c(Br)c3)c(=O)n2[C@H]1c1ccc(-c2ccc(Cl)c(Cl)c2)o1. The topological polar surface area (TPSA) is 83.0 Å². The Morgan fingerprint density at radius 2 is 1.88 bits per heavy atom. The van der Waals surface area contributed by atoms with Crippen LogP contribution in [0.5, 0.6) is 5.75 Å². The number of furan rings is 1. The molecular weight excluding hydrogens is 707 g/mol. The van der Waals surface area contributed by atoms with Crippen LogP contribution in [0, 0.1) is 0 Å². The van der Waals surface area contributed by atoms with E-state index in [2.05, 4.69) is 36.9 Å². The molecule has 2 aromatic heterocycles. The Morgan fingerprint density at radius 1 is 1.15 bits per heavy atom. The standard InChI is InChI=1S/C28H20Br2Cl2N2O5S/c1-4-38-27(36)23-13(2)33-28-34(24(23)21-8-7-20(39-21)15-5-6-18(31)19(32)12-15)26(35)22(40-28)11-14-9-16(29)25(37-3)17(30)10-14/h5-12,24H,4H2,1-3H3/b22-11-/t24-/m0/s1. The molecule has 7 nitrogen and oxygen atoms in total. The number of allylic oxidation sites excluding steroid dienone is 1. The number of hydrogen-bond donors (Lipinski definition) is 0. The van der Waals surface area contributed by atoms with Crippen LogP contribution in [0.1, 0.15) is 31.2 Å². The van der Waals surface area contributed by atoms with Gasteiger partial charge in [-0.05, 0) is 99.8 Å². The number of aromatic nitrogens is 1. The normalized spacial score (nSPS) is 15.2. The van der Waals surface area contributed by atoms with E-state index in [0.717, 1.165) is 14.5 Å². The number of ether oxygens (including phenoxy) is 2. The zero-order chi connectivity index (χ0) is 28.7. The number of carbonyl (C=O) groups excluding carboxylic acids is 1. The Kier molecular flexibility index (Phi) is 8.45. The van der Waals surface area contributed by atoms with E-state index in [1.54, 1.807) is 57.4 Å². The Balaban J connectivity index is 1.68. The molecule has 206 valence electrons. The maximum absolute atomic E-state index is 13.9. The van der Waals surface area contributed by atoms with E-state index < -0.39 is 12.0 Å². The first-order valence-electron chi connectivity index (χ1n) is 11.9. The fraction of sp³-hybridized carbons (Fsp3) is 0.179. The highest BCUT2D eigenvalue weighted by molar-refractivity contribution is 9.11. The highest BCUT2D eigenvalue weighted by atomic mass is 79.9. The molecule has 4 aromatic rings. The summed E-state index contributed by atoms with van der Waals surface area (Å²) >= 11 is 20.5. The number of halogens is 4. The van der Waals surface area contributed by atoms with E-state index in [9.17, 15) is 9.59 Å². The van der Waals surface area contributed by atoms with Gasteiger partial charge in [-0.3, -0.25) is 9.36 Å². The number of esters is 1. The minimum atomic E-state index is -0.886. The van der Waals surface area contributed by atoms with Crippen molar-refractivity contribution in [1.82, 2.24) is 4.57 Å². The van der Waals surface area contributed by atoms with E-state index in [-0.39, 0.29) is 17.7 Å². The molecule has 0 saturated carbocycles. The van der Waals surface area contributed by atoms with Crippen molar-refractivity contribution in [3.63, 3.8) is 0 Å². The predicted octanol–water partition coefficient (Wildman–Crippen LogP) is 6.90. The smallest absolute Gasteiger partial charge is 0.338 e. The minimum absolute atomic E-state index is 0.167. The Morgan fingerprint density at radius 3 is 2.52 bits per heavy atom. The summed E-state index contributed by atoms with van der Waals surface area (Å²) in [5, 5.41) is 0.799. The van der Waals surface area contributed by atoms with Gasteiger partial charge in [-0.1, -0.05) is 34.5 Å². The number of methoxy groups -OCH3 is 1. The lowest BCUT2D eigenvalue weighted by Gasteiger charge is -2.22. The maximum atomic E-state index is 13.9. The molecule has 0 saturated heterocycles. The fourth-order valence-electron chi connectivity index (χ4n) is 4.37. The molecule has 0 bridgehead atoms. The molecule has 0 fully saturated rings. The van der Waals surface area contributed by atoms with Crippen molar-refractivity contribution in [2.24, 2.45) is 4.99 Å². The molecule has 3 heterocycles. The number of nitrogens with zero attached hydrogens (tertiary/aromatic N) is 2. The molecule has 1 atom stereocenters. The van der Waals surface area contributed by atoms with Crippen LogP contribution < -0.4 is 19.6 Å². The van der Waals surface area contributed by atoms with Crippen LogP contribution in [0.2, 0.25) is 10.0 Å². The third-order valence-electron chi connectivity index (χ3n) is 6.14. The second-order valence-electron chi connectivity index (χ2n) is 8.65. The number of carbonyl (C=O) groups is 1. The summed E-state index contributed by atoms with van der Waals surface area (Å²) in [6.45, 7) is 3.61. The monoisotopic (exact) mass is 724 g/mol. The molecule has 1 aliphatic rings.